The fourth-order valence-corrected chi connectivity index (χ4v) is 4.41. The average Bonchev–Trinajstić information content (AvgIpc) is 3.28. The van der Waals surface area contributed by atoms with Gasteiger partial charge in [-0.05, 0) is 54.3 Å². The normalized spacial score (nSPS) is 11.2. The minimum Gasteiger partial charge on any atom is -0.491 e. The average molecular weight is 445 g/mol. The second kappa shape index (κ2) is 10.4. The third-order valence-corrected chi connectivity index (χ3v) is 6.63. The zero-order chi connectivity index (χ0) is 21.4. The number of unbranched alkanes of at least 4 members (excludes halogenated alkanes) is 1. The number of rotatable bonds is 10. The lowest BCUT2D eigenvalue weighted by Gasteiger charge is -2.12. The van der Waals surface area contributed by atoms with E-state index in [1.807, 2.05) is 29.6 Å². The van der Waals surface area contributed by atoms with Crippen molar-refractivity contribution in [2.45, 2.75) is 31.2 Å². The first-order valence-electron chi connectivity index (χ1n) is 9.65. The molecule has 0 fully saturated rings. The number of hydrogen-bond donors (Lipinski definition) is 2. The van der Waals surface area contributed by atoms with Gasteiger partial charge in [0.15, 0.2) is 0 Å². The molecule has 0 saturated carbocycles. The summed E-state index contributed by atoms with van der Waals surface area (Å²) in [5, 5.41) is 4.72. The van der Waals surface area contributed by atoms with Crippen molar-refractivity contribution < 1.29 is 17.9 Å². The number of sulfonamides is 1. The predicted molar refractivity (Wildman–Crippen MR) is 120 cm³/mol. The molecule has 6 nitrogen and oxygen atoms in total. The van der Waals surface area contributed by atoms with E-state index in [0.717, 1.165) is 17.7 Å². The van der Waals surface area contributed by atoms with Crippen LogP contribution in [0.25, 0.3) is 0 Å². The summed E-state index contributed by atoms with van der Waals surface area (Å²) >= 11 is 1.48. The maximum Gasteiger partial charge on any atom is 0.255 e. The van der Waals surface area contributed by atoms with Crippen LogP contribution in [0.15, 0.2) is 70.9 Å². The van der Waals surface area contributed by atoms with E-state index in [1.54, 1.807) is 12.1 Å². The summed E-state index contributed by atoms with van der Waals surface area (Å²) in [7, 11) is -3.65. The molecule has 8 heteroatoms. The van der Waals surface area contributed by atoms with Crippen LogP contribution in [0.3, 0.4) is 0 Å². The molecular formula is C22H24N2O4S2. The van der Waals surface area contributed by atoms with E-state index in [1.165, 1.54) is 35.6 Å². The Morgan fingerprint density at radius 3 is 2.50 bits per heavy atom. The quantitative estimate of drug-likeness (QED) is 0.446. The molecule has 0 bridgehead atoms. The monoisotopic (exact) mass is 444 g/mol. The SMILES string of the molecule is CCCCOc1ccccc1NC(=O)c1ccc(S(=O)(=O)NCc2cccs2)cc1. The Morgan fingerprint density at radius 1 is 1.03 bits per heavy atom. The number of benzene rings is 2. The van der Waals surface area contributed by atoms with Crippen LogP contribution in [0.4, 0.5) is 5.69 Å². The number of anilines is 1. The van der Waals surface area contributed by atoms with Crippen LogP contribution in [-0.2, 0) is 16.6 Å². The van der Waals surface area contributed by atoms with Gasteiger partial charge in [0.1, 0.15) is 5.75 Å². The minimum atomic E-state index is -3.65. The molecule has 3 aromatic rings. The number of amides is 1. The zero-order valence-electron chi connectivity index (χ0n) is 16.6. The van der Waals surface area contributed by atoms with Gasteiger partial charge in [0.25, 0.3) is 5.91 Å². The number of ether oxygens (including phenoxy) is 1. The van der Waals surface area contributed by atoms with E-state index in [0.29, 0.717) is 23.6 Å². The molecular weight excluding hydrogens is 420 g/mol. The Hall–Kier alpha value is -2.68. The topological polar surface area (TPSA) is 84.5 Å². The number of hydrogen-bond acceptors (Lipinski definition) is 5. The largest absolute Gasteiger partial charge is 0.491 e. The summed E-state index contributed by atoms with van der Waals surface area (Å²) in [6.45, 7) is 2.89. The molecule has 0 radical (unpaired) electrons. The van der Waals surface area contributed by atoms with E-state index >= 15 is 0 Å². The second-order valence-corrected chi connectivity index (χ2v) is 9.38. The maximum atomic E-state index is 12.6. The van der Waals surface area contributed by atoms with Crippen molar-refractivity contribution in [2.75, 3.05) is 11.9 Å². The molecule has 0 spiro atoms. The van der Waals surface area contributed by atoms with E-state index in [2.05, 4.69) is 17.0 Å². The third kappa shape index (κ3) is 5.91. The summed E-state index contributed by atoms with van der Waals surface area (Å²) in [6, 6.07) is 16.8. The highest BCUT2D eigenvalue weighted by atomic mass is 32.2. The lowest BCUT2D eigenvalue weighted by atomic mass is 10.2. The lowest BCUT2D eigenvalue weighted by molar-refractivity contribution is 0.102. The van der Waals surface area contributed by atoms with E-state index in [9.17, 15) is 13.2 Å². The molecule has 0 unspecified atom stereocenters. The van der Waals surface area contributed by atoms with Gasteiger partial charge in [-0.2, -0.15) is 0 Å². The number of carbonyl (C=O) groups excluding carboxylic acids is 1. The first-order valence-corrected chi connectivity index (χ1v) is 12.0. The number of para-hydroxylation sites is 2. The molecule has 1 aromatic heterocycles. The lowest BCUT2D eigenvalue weighted by Crippen LogP contribution is -2.23. The molecule has 2 aromatic carbocycles. The Bertz CT molecular complexity index is 1060. The molecule has 0 atom stereocenters. The Morgan fingerprint density at radius 2 is 1.80 bits per heavy atom. The highest BCUT2D eigenvalue weighted by Gasteiger charge is 2.16. The molecule has 158 valence electrons. The van der Waals surface area contributed by atoms with Gasteiger partial charge in [-0.25, -0.2) is 13.1 Å². The molecule has 1 amide bonds. The van der Waals surface area contributed by atoms with Gasteiger partial charge >= 0.3 is 0 Å². The van der Waals surface area contributed by atoms with Gasteiger partial charge in [-0.15, -0.1) is 11.3 Å². The molecule has 0 aliphatic heterocycles. The van der Waals surface area contributed by atoms with Crippen molar-refractivity contribution in [3.8, 4) is 5.75 Å². The maximum absolute atomic E-state index is 12.6. The van der Waals surface area contributed by atoms with E-state index in [-0.39, 0.29) is 17.3 Å². The van der Waals surface area contributed by atoms with Crippen molar-refractivity contribution in [3.63, 3.8) is 0 Å². The van der Waals surface area contributed by atoms with Gasteiger partial charge in [-0.1, -0.05) is 31.5 Å². The third-order valence-electron chi connectivity index (χ3n) is 4.33. The smallest absolute Gasteiger partial charge is 0.255 e. The van der Waals surface area contributed by atoms with E-state index in [4.69, 9.17) is 4.74 Å². The summed E-state index contributed by atoms with van der Waals surface area (Å²) in [6.07, 6.45) is 1.95. The Balaban J connectivity index is 1.65. The van der Waals surface area contributed by atoms with Gasteiger partial charge in [0.2, 0.25) is 10.0 Å². The Labute approximate surface area is 181 Å². The van der Waals surface area contributed by atoms with Crippen LogP contribution in [0.5, 0.6) is 5.75 Å². The van der Waals surface area contributed by atoms with Crippen molar-refractivity contribution in [1.29, 1.82) is 0 Å². The van der Waals surface area contributed by atoms with E-state index < -0.39 is 10.0 Å². The standard InChI is InChI=1S/C22H24N2O4S2/c1-2-3-14-28-21-9-5-4-8-20(21)24-22(25)17-10-12-19(13-11-17)30(26,27)23-16-18-7-6-15-29-18/h4-13,15,23H,2-3,14,16H2,1H3,(H,24,25). The molecule has 1 heterocycles. The second-order valence-electron chi connectivity index (χ2n) is 6.58. The van der Waals surface area contributed by atoms with Crippen LogP contribution in [0.1, 0.15) is 35.0 Å². The number of nitrogens with one attached hydrogen (secondary N) is 2. The summed E-state index contributed by atoms with van der Waals surface area (Å²) in [5.41, 5.74) is 0.934. The molecule has 3 rings (SSSR count). The first kappa shape index (κ1) is 22.0. The highest BCUT2D eigenvalue weighted by molar-refractivity contribution is 7.89. The van der Waals surface area contributed by atoms with Gasteiger partial charge in [-0.3, -0.25) is 4.79 Å². The summed E-state index contributed by atoms with van der Waals surface area (Å²) < 4.78 is 33.2. The molecule has 0 saturated heterocycles. The van der Waals surface area contributed by atoms with Gasteiger partial charge in [0, 0.05) is 17.0 Å². The van der Waals surface area contributed by atoms with Crippen molar-refractivity contribution >= 4 is 33.0 Å². The first-order chi connectivity index (χ1) is 14.5. The van der Waals surface area contributed by atoms with Crippen molar-refractivity contribution in [3.05, 3.63) is 76.5 Å². The predicted octanol–water partition coefficient (Wildman–Crippen LogP) is 4.66. The van der Waals surface area contributed by atoms with Crippen LogP contribution < -0.4 is 14.8 Å². The number of thiophene rings is 1. The van der Waals surface area contributed by atoms with Gasteiger partial charge < -0.3 is 10.1 Å². The van der Waals surface area contributed by atoms with Crippen molar-refractivity contribution in [1.82, 2.24) is 4.72 Å². The molecule has 0 aliphatic carbocycles. The fraction of sp³-hybridized carbons (Fsp3) is 0.227. The van der Waals surface area contributed by atoms with Crippen LogP contribution in [0.2, 0.25) is 0 Å². The van der Waals surface area contributed by atoms with Crippen LogP contribution in [-0.4, -0.2) is 20.9 Å². The van der Waals surface area contributed by atoms with Crippen molar-refractivity contribution in [2.24, 2.45) is 0 Å². The molecule has 30 heavy (non-hydrogen) atoms. The zero-order valence-corrected chi connectivity index (χ0v) is 18.3. The van der Waals surface area contributed by atoms with Crippen LogP contribution >= 0.6 is 11.3 Å². The molecule has 0 aliphatic rings. The summed E-state index contributed by atoms with van der Waals surface area (Å²) in [4.78, 5) is 13.6. The van der Waals surface area contributed by atoms with Gasteiger partial charge in [0.05, 0.1) is 17.2 Å². The van der Waals surface area contributed by atoms with Crippen LogP contribution in [0, 0.1) is 0 Å². The fourth-order valence-electron chi connectivity index (χ4n) is 2.66. The molecule has 2 N–H and O–H groups in total. The highest BCUT2D eigenvalue weighted by Crippen LogP contribution is 2.25. The minimum absolute atomic E-state index is 0.110. The number of carbonyl (C=O) groups is 1. The Kier molecular flexibility index (Phi) is 7.62. The summed E-state index contributed by atoms with van der Waals surface area (Å²) in [5.74, 6) is 0.272.